The van der Waals surface area contributed by atoms with E-state index in [2.05, 4.69) is 57.8 Å². The highest BCUT2D eigenvalue weighted by Crippen LogP contribution is 2.20. The summed E-state index contributed by atoms with van der Waals surface area (Å²) in [7, 11) is 0. The summed E-state index contributed by atoms with van der Waals surface area (Å²) in [4.78, 5) is 0. The fraction of sp³-hybridized carbons (Fsp3) is 0.400. The van der Waals surface area contributed by atoms with Crippen LogP contribution in [0.15, 0.2) is 12.1 Å². The Labute approximate surface area is 90.6 Å². The van der Waals surface area contributed by atoms with Gasteiger partial charge in [-0.15, -0.1) is 0 Å². The molecule has 0 unspecified atom stereocenters. The lowest BCUT2D eigenvalue weighted by molar-refractivity contribution is 1.22. The van der Waals surface area contributed by atoms with Crippen molar-refractivity contribution in [3.05, 3.63) is 34.4 Å². The first-order chi connectivity index (χ1) is 5.69. The van der Waals surface area contributed by atoms with Crippen molar-refractivity contribution < 1.29 is 0 Å². The molecule has 0 saturated carbocycles. The normalized spacial score (nSPS) is 10.3. The minimum absolute atomic E-state index is 0.939. The highest BCUT2D eigenvalue weighted by atomic mass is 79.9. The van der Waals surface area contributed by atoms with E-state index in [0.717, 1.165) is 10.7 Å². The summed E-state index contributed by atoms with van der Waals surface area (Å²) in [6.07, 6.45) is 0. The minimum Gasteiger partial charge on any atom is -0.0876 e. The van der Waals surface area contributed by atoms with Gasteiger partial charge in [0.1, 0.15) is 0 Å². The van der Waals surface area contributed by atoms with Gasteiger partial charge >= 0.3 is 0 Å². The first-order valence-corrected chi connectivity index (χ1v) is 6.14. The number of benzene rings is 1. The average molecular weight is 292 g/mol. The Morgan fingerprint density at radius 1 is 1.08 bits per heavy atom. The summed E-state index contributed by atoms with van der Waals surface area (Å²) in [6, 6.07) is 4.47. The number of hydrogen-bond acceptors (Lipinski definition) is 0. The highest BCUT2D eigenvalue weighted by Gasteiger charge is 2.01. The van der Waals surface area contributed by atoms with Gasteiger partial charge in [0.15, 0.2) is 0 Å². The van der Waals surface area contributed by atoms with Crippen LogP contribution in [0.2, 0.25) is 0 Å². The smallest absolute Gasteiger partial charge is 0.0285 e. The van der Waals surface area contributed by atoms with Gasteiger partial charge in [-0.3, -0.25) is 0 Å². The molecule has 0 aliphatic heterocycles. The zero-order valence-corrected chi connectivity index (χ0v) is 10.5. The van der Waals surface area contributed by atoms with Crippen LogP contribution in [0, 0.1) is 13.8 Å². The largest absolute Gasteiger partial charge is 0.0876 e. The monoisotopic (exact) mass is 290 g/mol. The number of hydrogen-bond donors (Lipinski definition) is 0. The van der Waals surface area contributed by atoms with E-state index >= 15 is 0 Å². The second kappa shape index (κ2) is 4.43. The molecule has 0 saturated heterocycles. The predicted octanol–water partition coefficient (Wildman–Crippen LogP) is 4.09. The van der Waals surface area contributed by atoms with Crippen LogP contribution in [0.4, 0.5) is 0 Å². The summed E-state index contributed by atoms with van der Waals surface area (Å²) >= 11 is 6.95. The van der Waals surface area contributed by atoms with Gasteiger partial charge in [0.05, 0.1) is 0 Å². The van der Waals surface area contributed by atoms with Gasteiger partial charge in [0.25, 0.3) is 0 Å². The Morgan fingerprint density at radius 3 is 2.25 bits per heavy atom. The number of rotatable bonds is 2. The molecule has 0 heterocycles. The Hall–Kier alpha value is 0.180. The molecule has 0 radical (unpaired) electrons. The third kappa shape index (κ3) is 2.11. The van der Waals surface area contributed by atoms with E-state index in [1.54, 1.807) is 0 Å². The van der Waals surface area contributed by atoms with Crippen LogP contribution in [0.3, 0.4) is 0 Å². The third-order valence-corrected chi connectivity index (χ3v) is 3.38. The molecule has 0 bridgehead atoms. The van der Waals surface area contributed by atoms with Gasteiger partial charge in [-0.25, -0.2) is 0 Å². The van der Waals surface area contributed by atoms with Crippen molar-refractivity contribution in [2.24, 2.45) is 0 Å². The average Bonchev–Trinajstić information content (AvgIpc) is 2.09. The molecule has 0 N–H and O–H groups in total. The molecular weight excluding hydrogens is 280 g/mol. The molecule has 0 spiro atoms. The topological polar surface area (TPSA) is 0 Å². The molecule has 0 aromatic heterocycles. The molecular formula is C10H12Br2. The van der Waals surface area contributed by atoms with Gasteiger partial charge in [-0.1, -0.05) is 44.0 Å². The number of halogens is 2. The SMILES string of the molecule is Cc1cc(CBr)cc(CBr)c1C. The lowest BCUT2D eigenvalue weighted by atomic mass is 10.0. The van der Waals surface area contributed by atoms with Crippen molar-refractivity contribution in [1.29, 1.82) is 0 Å². The van der Waals surface area contributed by atoms with E-state index in [4.69, 9.17) is 0 Å². The zero-order chi connectivity index (χ0) is 9.14. The second-order valence-electron chi connectivity index (χ2n) is 2.96. The Bertz CT molecular complexity index is 279. The van der Waals surface area contributed by atoms with Crippen molar-refractivity contribution in [1.82, 2.24) is 0 Å². The van der Waals surface area contributed by atoms with Crippen LogP contribution in [0.5, 0.6) is 0 Å². The third-order valence-electron chi connectivity index (χ3n) is 2.13. The summed E-state index contributed by atoms with van der Waals surface area (Å²) in [5.74, 6) is 0. The predicted molar refractivity (Wildman–Crippen MR) is 61.2 cm³/mol. The maximum absolute atomic E-state index is 3.49. The van der Waals surface area contributed by atoms with Crippen LogP contribution in [0.25, 0.3) is 0 Å². The second-order valence-corrected chi connectivity index (χ2v) is 4.09. The molecule has 66 valence electrons. The quantitative estimate of drug-likeness (QED) is 0.720. The molecule has 1 aromatic rings. The number of alkyl halides is 2. The maximum atomic E-state index is 3.49. The molecule has 0 aliphatic carbocycles. The standard InChI is InChI=1S/C10H12Br2/c1-7-3-9(5-11)4-10(6-12)8(7)2/h3-4H,5-6H2,1-2H3. The van der Waals surface area contributed by atoms with E-state index in [1.807, 2.05) is 0 Å². The van der Waals surface area contributed by atoms with Gasteiger partial charge in [0.2, 0.25) is 0 Å². The lowest BCUT2D eigenvalue weighted by Crippen LogP contribution is -1.91. The van der Waals surface area contributed by atoms with Crippen molar-refractivity contribution in [3.8, 4) is 0 Å². The Morgan fingerprint density at radius 2 is 1.75 bits per heavy atom. The van der Waals surface area contributed by atoms with Crippen molar-refractivity contribution in [2.75, 3.05) is 0 Å². The first kappa shape index (κ1) is 10.3. The summed E-state index contributed by atoms with van der Waals surface area (Å²) < 4.78 is 0. The number of aryl methyl sites for hydroxylation is 1. The summed E-state index contributed by atoms with van der Waals surface area (Å²) in [6.45, 7) is 4.33. The molecule has 2 heteroatoms. The van der Waals surface area contributed by atoms with Gasteiger partial charge in [-0.2, -0.15) is 0 Å². The Kier molecular flexibility index (Phi) is 3.78. The van der Waals surface area contributed by atoms with E-state index in [-0.39, 0.29) is 0 Å². The highest BCUT2D eigenvalue weighted by molar-refractivity contribution is 9.08. The van der Waals surface area contributed by atoms with Crippen molar-refractivity contribution in [2.45, 2.75) is 24.5 Å². The van der Waals surface area contributed by atoms with Gasteiger partial charge in [-0.05, 0) is 36.1 Å². The molecule has 0 aliphatic rings. The van der Waals surface area contributed by atoms with E-state index in [9.17, 15) is 0 Å². The molecule has 0 atom stereocenters. The fourth-order valence-electron chi connectivity index (χ4n) is 1.23. The molecule has 0 amide bonds. The summed E-state index contributed by atoms with van der Waals surface area (Å²) in [5, 5.41) is 1.88. The van der Waals surface area contributed by atoms with Gasteiger partial charge < -0.3 is 0 Å². The van der Waals surface area contributed by atoms with Crippen LogP contribution >= 0.6 is 31.9 Å². The van der Waals surface area contributed by atoms with E-state index in [1.165, 1.54) is 22.3 Å². The van der Waals surface area contributed by atoms with Crippen LogP contribution in [0.1, 0.15) is 22.3 Å². The molecule has 1 rings (SSSR count). The minimum atomic E-state index is 0.939. The molecule has 0 nitrogen and oxygen atoms in total. The van der Waals surface area contributed by atoms with Crippen molar-refractivity contribution in [3.63, 3.8) is 0 Å². The lowest BCUT2D eigenvalue weighted by Gasteiger charge is -2.08. The van der Waals surface area contributed by atoms with Crippen LogP contribution < -0.4 is 0 Å². The molecule has 12 heavy (non-hydrogen) atoms. The van der Waals surface area contributed by atoms with Crippen molar-refractivity contribution >= 4 is 31.9 Å². The van der Waals surface area contributed by atoms with Crippen LogP contribution in [-0.4, -0.2) is 0 Å². The maximum Gasteiger partial charge on any atom is 0.0285 e. The van der Waals surface area contributed by atoms with E-state index in [0.29, 0.717) is 0 Å². The first-order valence-electron chi connectivity index (χ1n) is 3.90. The molecule has 0 fully saturated rings. The van der Waals surface area contributed by atoms with Gasteiger partial charge in [0, 0.05) is 10.7 Å². The fourth-order valence-corrected chi connectivity index (χ4v) is 2.14. The Balaban J connectivity index is 3.19. The zero-order valence-electron chi connectivity index (χ0n) is 7.32. The molecule has 1 aromatic carbocycles. The van der Waals surface area contributed by atoms with Crippen LogP contribution in [-0.2, 0) is 10.7 Å². The van der Waals surface area contributed by atoms with E-state index < -0.39 is 0 Å². The summed E-state index contributed by atoms with van der Waals surface area (Å²) in [5.41, 5.74) is 5.52.